The highest BCUT2D eigenvalue weighted by molar-refractivity contribution is 6.30. The van der Waals surface area contributed by atoms with Gasteiger partial charge in [0, 0.05) is 18.8 Å². The molecular weight excluding hydrogens is 396 g/mol. The quantitative estimate of drug-likeness (QED) is 0.587. The SMILES string of the molecule is CCCOC(=O)c1cccc(N2CC(O)=C(c3nc4cc(OC)ccc4n3C)C2=N)c1. The monoisotopic (exact) mass is 420 g/mol. The van der Waals surface area contributed by atoms with Gasteiger partial charge in [0.2, 0.25) is 0 Å². The first-order chi connectivity index (χ1) is 14.9. The molecule has 2 N–H and O–H groups in total. The minimum atomic E-state index is -0.406. The van der Waals surface area contributed by atoms with Gasteiger partial charge in [0.15, 0.2) is 0 Å². The number of hydrogen-bond donors (Lipinski definition) is 2. The van der Waals surface area contributed by atoms with Gasteiger partial charge in [-0.3, -0.25) is 5.41 Å². The second-order valence-electron chi connectivity index (χ2n) is 7.29. The second kappa shape index (κ2) is 8.14. The Kier molecular flexibility index (Phi) is 5.37. The van der Waals surface area contributed by atoms with Crippen molar-refractivity contribution in [1.82, 2.24) is 9.55 Å². The van der Waals surface area contributed by atoms with E-state index >= 15 is 0 Å². The number of aliphatic hydroxyl groups is 1. The number of carbonyl (C=O) groups excluding carboxylic acids is 1. The summed E-state index contributed by atoms with van der Waals surface area (Å²) in [6.07, 6.45) is 0.743. The summed E-state index contributed by atoms with van der Waals surface area (Å²) in [7, 11) is 3.44. The highest BCUT2D eigenvalue weighted by Crippen LogP contribution is 2.33. The summed E-state index contributed by atoms with van der Waals surface area (Å²) in [6.45, 7) is 2.41. The van der Waals surface area contributed by atoms with Crippen molar-refractivity contribution in [3.8, 4) is 5.75 Å². The number of aliphatic hydroxyl groups excluding tert-OH is 1. The van der Waals surface area contributed by atoms with Crippen LogP contribution in [0.2, 0.25) is 0 Å². The molecule has 0 atom stereocenters. The van der Waals surface area contributed by atoms with Gasteiger partial charge in [0.05, 0.1) is 42.4 Å². The van der Waals surface area contributed by atoms with Crippen LogP contribution >= 0.6 is 0 Å². The van der Waals surface area contributed by atoms with Gasteiger partial charge in [0.1, 0.15) is 23.2 Å². The van der Waals surface area contributed by atoms with Crippen LogP contribution in [-0.4, -0.2) is 46.7 Å². The Bertz CT molecular complexity index is 1210. The molecule has 2 heterocycles. The highest BCUT2D eigenvalue weighted by atomic mass is 16.5. The van der Waals surface area contributed by atoms with Gasteiger partial charge in [-0.1, -0.05) is 13.0 Å². The summed E-state index contributed by atoms with van der Waals surface area (Å²) < 4.78 is 12.3. The third kappa shape index (κ3) is 3.61. The molecule has 1 aromatic heterocycles. The molecule has 8 heteroatoms. The standard InChI is InChI=1S/C23H24N4O4/c1-4-10-31-23(29)14-6-5-7-15(11-14)27-13-19(28)20(21(27)24)22-25-17-12-16(30-3)8-9-18(17)26(22)2/h5-9,11-12,24,28H,4,10,13H2,1-3H3. The second-order valence-corrected chi connectivity index (χ2v) is 7.29. The average molecular weight is 420 g/mol. The molecule has 4 rings (SSSR count). The van der Waals surface area contributed by atoms with E-state index in [1.807, 2.05) is 36.7 Å². The Morgan fingerprint density at radius 3 is 2.81 bits per heavy atom. The van der Waals surface area contributed by atoms with E-state index in [2.05, 4.69) is 4.98 Å². The van der Waals surface area contributed by atoms with E-state index in [9.17, 15) is 9.90 Å². The number of anilines is 1. The molecule has 3 aromatic rings. The Balaban J connectivity index is 1.66. The fraction of sp³-hybridized carbons (Fsp3) is 0.261. The van der Waals surface area contributed by atoms with Gasteiger partial charge in [-0.2, -0.15) is 0 Å². The summed E-state index contributed by atoms with van der Waals surface area (Å²) in [5, 5.41) is 19.4. The van der Waals surface area contributed by atoms with E-state index in [0.717, 1.165) is 11.9 Å². The lowest BCUT2D eigenvalue weighted by Gasteiger charge is -2.19. The molecule has 0 fully saturated rings. The number of aryl methyl sites for hydroxylation is 1. The van der Waals surface area contributed by atoms with E-state index < -0.39 is 5.97 Å². The Morgan fingerprint density at radius 2 is 2.06 bits per heavy atom. The maximum atomic E-state index is 12.2. The first-order valence-corrected chi connectivity index (χ1v) is 10.0. The molecule has 0 spiro atoms. The number of nitrogens with one attached hydrogen (secondary N) is 1. The largest absolute Gasteiger partial charge is 0.509 e. The smallest absolute Gasteiger partial charge is 0.338 e. The van der Waals surface area contributed by atoms with Crippen LogP contribution in [0, 0.1) is 5.41 Å². The predicted molar refractivity (Wildman–Crippen MR) is 119 cm³/mol. The lowest BCUT2D eigenvalue weighted by Crippen LogP contribution is -2.26. The maximum absolute atomic E-state index is 12.2. The number of esters is 1. The van der Waals surface area contributed by atoms with Crippen LogP contribution in [0.1, 0.15) is 29.5 Å². The number of rotatable bonds is 6. The van der Waals surface area contributed by atoms with Crippen LogP contribution in [0.15, 0.2) is 48.2 Å². The first kappa shape index (κ1) is 20.5. The van der Waals surface area contributed by atoms with Crippen LogP contribution in [0.3, 0.4) is 0 Å². The Hall–Kier alpha value is -3.81. The van der Waals surface area contributed by atoms with Gasteiger partial charge in [-0.05, 0) is 36.8 Å². The van der Waals surface area contributed by atoms with E-state index in [1.54, 1.807) is 36.3 Å². The number of imidazole rings is 1. The van der Waals surface area contributed by atoms with Crippen LogP contribution < -0.4 is 9.64 Å². The average Bonchev–Trinajstić information content (AvgIpc) is 3.26. The topological polar surface area (TPSA) is 101 Å². The molecule has 160 valence electrons. The molecule has 0 unspecified atom stereocenters. The van der Waals surface area contributed by atoms with Crippen molar-refractivity contribution in [2.45, 2.75) is 13.3 Å². The summed E-state index contributed by atoms with van der Waals surface area (Å²) in [4.78, 5) is 18.5. The van der Waals surface area contributed by atoms with Crippen molar-refractivity contribution in [1.29, 1.82) is 5.41 Å². The van der Waals surface area contributed by atoms with Crippen molar-refractivity contribution < 1.29 is 19.4 Å². The molecule has 0 saturated carbocycles. The summed E-state index contributed by atoms with van der Waals surface area (Å²) in [6, 6.07) is 12.4. The van der Waals surface area contributed by atoms with Crippen LogP contribution in [0.25, 0.3) is 16.6 Å². The van der Waals surface area contributed by atoms with Crippen molar-refractivity contribution in [3.05, 3.63) is 59.6 Å². The molecule has 0 saturated heterocycles. The minimum Gasteiger partial charge on any atom is -0.509 e. The van der Waals surface area contributed by atoms with E-state index in [0.29, 0.717) is 40.5 Å². The molecule has 31 heavy (non-hydrogen) atoms. The molecule has 8 nitrogen and oxygen atoms in total. The van der Waals surface area contributed by atoms with Gasteiger partial charge < -0.3 is 24.0 Å². The maximum Gasteiger partial charge on any atom is 0.338 e. The van der Waals surface area contributed by atoms with Crippen molar-refractivity contribution >= 4 is 34.1 Å². The van der Waals surface area contributed by atoms with Gasteiger partial charge in [-0.15, -0.1) is 0 Å². The zero-order valence-electron chi connectivity index (χ0n) is 17.7. The van der Waals surface area contributed by atoms with Gasteiger partial charge in [0.25, 0.3) is 0 Å². The number of nitrogens with zero attached hydrogens (tertiary/aromatic N) is 3. The molecular formula is C23H24N4O4. The fourth-order valence-corrected chi connectivity index (χ4v) is 3.64. The minimum absolute atomic E-state index is 0.0503. The molecule has 1 aliphatic heterocycles. The zero-order valence-corrected chi connectivity index (χ0v) is 17.7. The van der Waals surface area contributed by atoms with E-state index in [4.69, 9.17) is 14.9 Å². The van der Waals surface area contributed by atoms with Crippen LogP contribution in [0.5, 0.6) is 5.75 Å². The number of ether oxygens (including phenoxy) is 2. The molecule has 0 bridgehead atoms. The Morgan fingerprint density at radius 1 is 1.26 bits per heavy atom. The Labute approximate surface area is 179 Å². The van der Waals surface area contributed by atoms with Crippen molar-refractivity contribution in [3.63, 3.8) is 0 Å². The van der Waals surface area contributed by atoms with Gasteiger partial charge >= 0.3 is 5.97 Å². The normalized spacial score (nSPS) is 13.9. The molecule has 0 radical (unpaired) electrons. The number of fused-ring (bicyclic) bond motifs is 1. The third-order valence-electron chi connectivity index (χ3n) is 5.25. The number of amidine groups is 1. The van der Waals surface area contributed by atoms with E-state index in [-0.39, 0.29) is 18.1 Å². The van der Waals surface area contributed by atoms with Crippen LogP contribution in [0.4, 0.5) is 5.69 Å². The summed E-state index contributed by atoms with van der Waals surface area (Å²) >= 11 is 0. The molecule has 2 aromatic carbocycles. The number of hydrogen-bond acceptors (Lipinski definition) is 6. The number of carbonyl (C=O) groups is 1. The number of benzene rings is 2. The lowest BCUT2D eigenvalue weighted by atomic mass is 10.2. The molecule has 1 aliphatic rings. The van der Waals surface area contributed by atoms with Gasteiger partial charge in [-0.25, -0.2) is 9.78 Å². The predicted octanol–water partition coefficient (Wildman–Crippen LogP) is 3.92. The third-order valence-corrected chi connectivity index (χ3v) is 5.25. The molecule has 0 aliphatic carbocycles. The van der Waals surface area contributed by atoms with Crippen molar-refractivity contribution in [2.24, 2.45) is 7.05 Å². The van der Waals surface area contributed by atoms with E-state index in [1.165, 1.54) is 0 Å². The zero-order chi connectivity index (χ0) is 22.1. The van der Waals surface area contributed by atoms with Crippen molar-refractivity contribution in [2.75, 3.05) is 25.2 Å². The van der Waals surface area contributed by atoms with Crippen LogP contribution in [-0.2, 0) is 11.8 Å². The molecule has 0 amide bonds. The number of aromatic nitrogens is 2. The number of methoxy groups -OCH3 is 1. The summed E-state index contributed by atoms with van der Waals surface area (Å²) in [5.74, 6) is 0.935. The first-order valence-electron chi connectivity index (χ1n) is 10.0. The lowest BCUT2D eigenvalue weighted by molar-refractivity contribution is 0.0505. The summed E-state index contributed by atoms with van der Waals surface area (Å²) in [5.41, 5.74) is 2.96. The highest BCUT2D eigenvalue weighted by Gasteiger charge is 2.32. The fourth-order valence-electron chi connectivity index (χ4n) is 3.64.